The maximum absolute atomic E-state index is 13.1. The smallest absolute Gasteiger partial charge is 0.335 e. The molecule has 7 nitrogen and oxygen atoms in total. The number of rotatable bonds is 5. The summed E-state index contributed by atoms with van der Waals surface area (Å²) in [6.45, 7) is 3.68. The SMILES string of the molecule is C#CCOc1c(Br)cc(/C=C2\C(=O)NC(=O)N(c3cc(C)ccc3C)C2=O)cc1OC. The van der Waals surface area contributed by atoms with Gasteiger partial charge in [0.15, 0.2) is 11.5 Å². The fourth-order valence-corrected chi connectivity index (χ4v) is 3.65. The number of nitrogens with zero attached hydrogens (tertiary/aromatic N) is 1. The molecule has 1 N–H and O–H groups in total. The zero-order valence-electron chi connectivity index (χ0n) is 17.1. The maximum atomic E-state index is 13.1. The van der Waals surface area contributed by atoms with Gasteiger partial charge in [-0.3, -0.25) is 14.9 Å². The van der Waals surface area contributed by atoms with E-state index in [1.54, 1.807) is 25.1 Å². The van der Waals surface area contributed by atoms with Crippen LogP contribution in [-0.2, 0) is 9.59 Å². The lowest BCUT2D eigenvalue weighted by atomic mass is 10.0. The van der Waals surface area contributed by atoms with Crippen LogP contribution in [0.3, 0.4) is 0 Å². The number of hydrogen-bond acceptors (Lipinski definition) is 5. The second-order valence-electron chi connectivity index (χ2n) is 6.77. The molecular weight excluding hydrogens is 464 g/mol. The number of methoxy groups -OCH3 is 1. The van der Waals surface area contributed by atoms with Crippen molar-refractivity contribution < 1.29 is 23.9 Å². The summed E-state index contributed by atoms with van der Waals surface area (Å²) in [7, 11) is 1.46. The number of carbonyl (C=O) groups is 3. The van der Waals surface area contributed by atoms with E-state index in [1.165, 1.54) is 13.2 Å². The van der Waals surface area contributed by atoms with Crippen LogP contribution in [-0.4, -0.2) is 31.6 Å². The molecule has 0 spiro atoms. The van der Waals surface area contributed by atoms with E-state index in [4.69, 9.17) is 15.9 Å². The molecule has 2 aromatic carbocycles. The van der Waals surface area contributed by atoms with Crippen molar-refractivity contribution in [2.24, 2.45) is 0 Å². The lowest BCUT2D eigenvalue weighted by molar-refractivity contribution is -0.122. The third-order valence-electron chi connectivity index (χ3n) is 4.57. The molecule has 0 aliphatic carbocycles. The van der Waals surface area contributed by atoms with Crippen LogP contribution >= 0.6 is 15.9 Å². The first kappa shape index (κ1) is 22.1. The van der Waals surface area contributed by atoms with E-state index in [9.17, 15) is 14.4 Å². The van der Waals surface area contributed by atoms with Crippen LogP contribution in [0.5, 0.6) is 11.5 Å². The van der Waals surface area contributed by atoms with Crippen LogP contribution in [0.25, 0.3) is 6.08 Å². The highest BCUT2D eigenvalue weighted by Gasteiger charge is 2.37. The lowest BCUT2D eigenvalue weighted by Crippen LogP contribution is -2.54. The summed E-state index contributed by atoms with van der Waals surface area (Å²) in [5, 5.41) is 2.23. The fourth-order valence-electron chi connectivity index (χ4n) is 3.08. The summed E-state index contributed by atoms with van der Waals surface area (Å²) in [6.07, 6.45) is 6.63. The van der Waals surface area contributed by atoms with Gasteiger partial charge in [0.2, 0.25) is 0 Å². The maximum Gasteiger partial charge on any atom is 0.335 e. The van der Waals surface area contributed by atoms with Crippen LogP contribution in [0.1, 0.15) is 16.7 Å². The average molecular weight is 483 g/mol. The van der Waals surface area contributed by atoms with Gasteiger partial charge in [0.25, 0.3) is 11.8 Å². The van der Waals surface area contributed by atoms with Gasteiger partial charge in [-0.15, -0.1) is 6.42 Å². The third kappa shape index (κ3) is 4.47. The number of benzene rings is 2. The molecule has 0 saturated carbocycles. The van der Waals surface area contributed by atoms with Gasteiger partial charge in [0.1, 0.15) is 12.2 Å². The molecule has 3 rings (SSSR count). The van der Waals surface area contributed by atoms with Crippen molar-refractivity contribution >= 4 is 45.5 Å². The molecule has 0 bridgehead atoms. The first-order valence-electron chi connectivity index (χ1n) is 9.19. The summed E-state index contributed by atoms with van der Waals surface area (Å²) in [5.74, 6) is 1.64. The Kier molecular flexibility index (Phi) is 6.47. The van der Waals surface area contributed by atoms with Gasteiger partial charge >= 0.3 is 6.03 Å². The largest absolute Gasteiger partial charge is 0.493 e. The molecule has 158 valence electrons. The average Bonchev–Trinajstić information content (AvgIpc) is 2.72. The highest BCUT2D eigenvalue weighted by atomic mass is 79.9. The molecular formula is C23H19BrN2O5. The van der Waals surface area contributed by atoms with Crippen LogP contribution < -0.4 is 19.7 Å². The standard InChI is InChI=1S/C23H19BrN2O5/c1-5-8-31-20-17(24)11-15(12-19(20)30-4)10-16-21(27)25-23(29)26(22(16)28)18-9-13(2)6-7-14(18)3/h1,6-7,9-12H,8H2,2-4H3,(H,25,27,29)/b16-10+. The summed E-state index contributed by atoms with van der Waals surface area (Å²) in [6, 6.07) is 7.86. The van der Waals surface area contributed by atoms with Crippen LogP contribution in [0.2, 0.25) is 0 Å². The number of anilines is 1. The fraction of sp³-hybridized carbons (Fsp3) is 0.174. The first-order valence-corrected chi connectivity index (χ1v) is 9.98. The zero-order chi connectivity index (χ0) is 22.7. The molecule has 0 radical (unpaired) electrons. The normalized spacial score (nSPS) is 15.0. The number of carbonyl (C=O) groups excluding carboxylic acids is 3. The number of hydrogen-bond donors (Lipinski definition) is 1. The van der Waals surface area contributed by atoms with Crippen LogP contribution in [0.4, 0.5) is 10.5 Å². The summed E-state index contributed by atoms with van der Waals surface area (Å²) >= 11 is 3.39. The number of nitrogens with one attached hydrogen (secondary N) is 1. The van der Waals surface area contributed by atoms with Crippen molar-refractivity contribution in [2.75, 3.05) is 18.6 Å². The van der Waals surface area contributed by atoms with Gasteiger partial charge in [0.05, 0.1) is 17.3 Å². The minimum atomic E-state index is -0.794. The molecule has 2 aromatic rings. The molecule has 1 aliphatic heterocycles. The predicted octanol–water partition coefficient (Wildman–Crippen LogP) is 3.75. The van der Waals surface area contributed by atoms with E-state index in [0.717, 1.165) is 16.0 Å². The summed E-state index contributed by atoms with van der Waals surface area (Å²) in [4.78, 5) is 39.0. The molecule has 1 heterocycles. The Labute approximate surface area is 188 Å². The number of ether oxygens (including phenoxy) is 2. The van der Waals surface area contributed by atoms with Crippen molar-refractivity contribution in [1.82, 2.24) is 5.32 Å². The number of aryl methyl sites for hydroxylation is 2. The second-order valence-corrected chi connectivity index (χ2v) is 7.63. The van der Waals surface area contributed by atoms with Gasteiger partial charge < -0.3 is 9.47 Å². The number of imide groups is 2. The number of urea groups is 1. The summed E-state index contributed by atoms with van der Waals surface area (Å²) in [5.41, 5.74) is 2.32. The minimum absolute atomic E-state index is 0.0448. The van der Waals surface area contributed by atoms with Crippen molar-refractivity contribution in [3.63, 3.8) is 0 Å². The Morgan fingerprint density at radius 3 is 2.61 bits per heavy atom. The molecule has 0 atom stereocenters. The van der Waals surface area contributed by atoms with Crippen molar-refractivity contribution in [3.05, 3.63) is 57.1 Å². The Morgan fingerprint density at radius 1 is 1.19 bits per heavy atom. The highest BCUT2D eigenvalue weighted by molar-refractivity contribution is 9.10. The lowest BCUT2D eigenvalue weighted by Gasteiger charge is -2.27. The van der Waals surface area contributed by atoms with Gasteiger partial charge in [-0.1, -0.05) is 18.1 Å². The van der Waals surface area contributed by atoms with E-state index < -0.39 is 17.8 Å². The number of amides is 4. The number of halogens is 1. The molecule has 0 unspecified atom stereocenters. The van der Waals surface area contributed by atoms with E-state index in [-0.39, 0.29) is 12.2 Å². The first-order chi connectivity index (χ1) is 14.8. The third-order valence-corrected chi connectivity index (χ3v) is 5.16. The molecule has 4 amide bonds. The number of terminal acetylenes is 1. The van der Waals surface area contributed by atoms with Crippen LogP contribution in [0, 0.1) is 26.2 Å². The molecule has 8 heteroatoms. The Morgan fingerprint density at radius 2 is 1.94 bits per heavy atom. The van der Waals surface area contributed by atoms with E-state index >= 15 is 0 Å². The van der Waals surface area contributed by atoms with E-state index in [0.29, 0.717) is 27.2 Å². The highest BCUT2D eigenvalue weighted by Crippen LogP contribution is 2.37. The van der Waals surface area contributed by atoms with Gasteiger partial charge in [-0.25, -0.2) is 9.69 Å². The number of barbiturate groups is 1. The quantitative estimate of drug-likeness (QED) is 0.398. The molecule has 1 fully saturated rings. The topological polar surface area (TPSA) is 84.9 Å². The Balaban J connectivity index is 2.05. The molecule has 0 aromatic heterocycles. The molecule has 1 saturated heterocycles. The van der Waals surface area contributed by atoms with Gasteiger partial charge in [0, 0.05) is 0 Å². The predicted molar refractivity (Wildman–Crippen MR) is 120 cm³/mol. The van der Waals surface area contributed by atoms with Gasteiger partial charge in [-0.2, -0.15) is 0 Å². The van der Waals surface area contributed by atoms with Crippen LogP contribution in [0.15, 0.2) is 40.4 Å². The Bertz CT molecular complexity index is 1160. The minimum Gasteiger partial charge on any atom is -0.493 e. The van der Waals surface area contributed by atoms with E-state index in [2.05, 4.69) is 27.2 Å². The van der Waals surface area contributed by atoms with Crippen molar-refractivity contribution in [1.29, 1.82) is 0 Å². The monoisotopic (exact) mass is 482 g/mol. The van der Waals surface area contributed by atoms with Crippen molar-refractivity contribution in [3.8, 4) is 23.8 Å². The molecule has 31 heavy (non-hydrogen) atoms. The zero-order valence-corrected chi connectivity index (χ0v) is 18.7. The molecule has 1 aliphatic rings. The van der Waals surface area contributed by atoms with E-state index in [1.807, 2.05) is 19.1 Å². The van der Waals surface area contributed by atoms with Gasteiger partial charge in [-0.05, 0) is 70.7 Å². The second kappa shape index (κ2) is 9.06. The van der Waals surface area contributed by atoms with Crippen molar-refractivity contribution in [2.45, 2.75) is 13.8 Å². The Hall–Kier alpha value is -3.57. The summed E-state index contributed by atoms with van der Waals surface area (Å²) < 4.78 is 11.3.